The van der Waals surface area contributed by atoms with Crippen LogP contribution in [0.25, 0.3) is 22.4 Å². The minimum Gasteiger partial charge on any atom is -0.294 e. The van der Waals surface area contributed by atoms with Crippen LogP contribution in [0.15, 0.2) is 48.0 Å². The molecule has 0 unspecified atom stereocenters. The minimum absolute atomic E-state index is 0.0809. The van der Waals surface area contributed by atoms with Crippen LogP contribution in [0.1, 0.15) is 16.6 Å². The maximum absolute atomic E-state index is 12.4. The monoisotopic (exact) mass is 314 g/mol. The summed E-state index contributed by atoms with van der Waals surface area (Å²) in [6, 6.07) is 11.8. The fourth-order valence-corrected chi connectivity index (χ4v) is 3.08. The smallest absolute Gasteiger partial charge is 0.169 e. The van der Waals surface area contributed by atoms with Gasteiger partial charge in [0.1, 0.15) is 6.67 Å². The molecule has 3 aromatic rings. The van der Waals surface area contributed by atoms with E-state index in [4.69, 9.17) is 0 Å². The molecule has 0 fully saturated rings. The zero-order valence-corrected chi connectivity index (χ0v) is 12.9. The Bertz CT molecular complexity index is 806. The van der Waals surface area contributed by atoms with Crippen LogP contribution in [0.3, 0.4) is 0 Å². The second kappa shape index (κ2) is 6.23. The van der Waals surface area contributed by atoms with Gasteiger partial charge >= 0.3 is 0 Å². The number of carbonyl (C=O) groups is 1. The van der Waals surface area contributed by atoms with Gasteiger partial charge < -0.3 is 0 Å². The molecule has 0 atom stereocenters. The number of hydrogen-bond donors (Lipinski definition) is 0. The predicted octanol–water partition coefficient (Wildman–Crippen LogP) is 4.45. The SMILES string of the molecule is CC(=O)c1cc(-c2cccc(-c3ccn(CCF)n3)c2)cs1. The second-order valence-corrected chi connectivity index (χ2v) is 5.90. The average Bonchev–Trinajstić information content (AvgIpc) is 3.17. The summed E-state index contributed by atoms with van der Waals surface area (Å²) < 4.78 is 14.0. The highest BCUT2D eigenvalue weighted by Crippen LogP contribution is 2.29. The normalized spacial score (nSPS) is 10.8. The highest BCUT2D eigenvalue weighted by Gasteiger charge is 2.08. The fourth-order valence-electron chi connectivity index (χ4n) is 2.26. The minimum atomic E-state index is -0.427. The quantitative estimate of drug-likeness (QED) is 0.652. The molecule has 22 heavy (non-hydrogen) atoms. The number of Topliss-reactive ketones (excluding diaryl/α,β-unsaturated/α-hetero) is 1. The molecule has 0 saturated heterocycles. The molecule has 3 nitrogen and oxygen atoms in total. The average molecular weight is 314 g/mol. The highest BCUT2D eigenvalue weighted by atomic mass is 32.1. The molecule has 2 aromatic heterocycles. The Hall–Kier alpha value is -2.27. The number of nitrogens with zero attached hydrogens (tertiary/aromatic N) is 2. The maximum Gasteiger partial charge on any atom is 0.169 e. The van der Waals surface area contributed by atoms with Crippen LogP contribution < -0.4 is 0 Å². The molecule has 0 amide bonds. The third kappa shape index (κ3) is 2.99. The molecule has 0 aliphatic carbocycles. The van der Waals surface area contributed by atoms with Crippen molar-refractivity contribution in [1.82, 2.24) is 9.78 Å². The number of thiophene rings is 1. The molecule has 0 spiro atoms. The number of alkyl halides is 1. The van der Waals surface area contributed by atoms with Gasteiger partial charge in [0.25, 0.3) is 0 Å². The lowest BCUT2D eigenvalue weighted by Gasteiger charge is -2.02. The van der Waals surface area contributed by atoms with E-state index in [1.807, 2.05) is 41.8 Å². The number of carbonyl (C=O) groups excluding carboxylic acids is 1. The van der Waals surface area contributed by atoms with Crippen molar-refractivity contribution in [2.75, 3.05) is 6.67 Å². The Morgan fingerprint density at radius 3 is 2.77 bits per heavy atom. The van der Waals surface area contributed by atoms with Crippen molar-refractivity contribution in [3.63, 3.8) is 0 Å². The molecule has 0 aliphatic heterocycles. The Kier molecular flexibility index (Phi) is 4.15. The molecule has 0 N–H and O–H groups in total. The number of hydrogen-bond acceptors (Lipinski definition) is 3. The van der Waals surface area contributed by atoms with Crippen molar-refractivity contribution in [2.24, 2.45) is 0 Å². The number of aryl methyl sites for hydroxylation is 1. The van der Waals surface area contributed by atoms with Crippen molar-refractivity contribution in [3.8, 4) is 22.4 Å². The van der Waals surface area contributed by atoms with E-state index in [-0.39, 0.29) is 12.3 Å². The van der Waals surface area contributed by atoms with Crippen LogP contribution in [-0.2, 0) is 6.54 Å². The topological polar surface area (TPSA) is 34.9 Å². The van der Waals surface area contributed by atoms with Crippen molar-refractivity contribution in [1.29, 1.82) is 0 Å². The lowest BCUT2D eigenvalue weighted by Crippen LogP contribution is -1.99. The van der Waals surface area contributed by atoms with Gasteiger partial charge in [0, 0.05) is 11.8 Å². The van der Waals surface area contributed by atoms with E-state index < -0.39 is 6.67 Å². The first-order valence-corrected chi connectivity index (χ1v) is 7.85. The van der Waals surface area contributed by atoms with Gasteiger partial charge in [-0.1, -0.05) is 18.2 Å². The van der Waals surface area contributed by atoms with Crippen LogP contribution in [0.2, 0.25) is 0 Å². The van der Waals surface area contributed by atoms with E-state index >= 15 is 0 Å². The molecule has 112 valence electrons. The molecular weight excluding hydrogens is 299 g/mol. The zero-order chi connectivity index (χ0) is 15.5. The first kappa shape index (κ1) is 14.7. The van der Waals surface area contributed by atoms with Gasteiger partial charge in [-0.05, 0) is 41.6 Å². The van der Waals surface area contributed by atoms with Crippen molar-refractivity contribution in [3.05, 3.63) is 52.9 Å². The van der Waals surface area contributed by atoms with Crippen molar-refractivity contribution >= 4 is 17.1 Å². The standard InChI is InChI=1S/C17H15FN2OS/c1-12(21)17-10-15(11-22-17)13-3-2-4-14(9-13)16-5-7-20(19-16)8-6-18/h2-5,7,9-11H,6,8H2,1H3. The molecule has 5 heteroatoms. The summed E-state index contributed by atoms with van der Waals surface area (Å²) in [5.74, 6) is 0.0809. The highest BCUT2D eigenvalue weighted by molar-refractivity contribution is 7.12. The first-order valence-electron chi connectivity index (χ1n) is 6.97. The van der Waals surface area contributed by atoms with Gasteiger partial charge in [0.15, 0.2) is 5.78 Å². The molecule has 0 radical (unpaired) electrons. The lowest BCUT2D eigenvalue weighted by molar-refractivity contribution is 0.102. The van der Waals surface area contributed by atoms with Crippen LogP contribution >= 0.6 is 11.3 Å². The van der Waals surface area contributed by atoms with Gasteiger partial charge in [0.2, 0.25) is 0 Å². The van der Waals surface area contributed by atoms with Crippen molar-refractivity contribution < 1.29 is 9.18 Å². The summed E-state index contributed by atoms with van der Waals surface area (Å²) in [4.78, 5) is 12.2. The predicted molar refractivity (Wildman–Crippen MR) is 87.0 cm³/mol. The van der Waals surface area contributed by atoms with Gasteiger partial charge in [-0.25, -0.2) is 4.39 Å². The Morgan fingerprint density at radius 1 is 1.23 bits per heavy atom. The van der Waals surface area contributed by atoms with Crippen molar-refractivity contribution in [2.45, 2.75) is 13.5 Å². The number of aromatic nitrogens is 2. The summed E-state index contributed by atoms with van der Waals surface area (Å²) in [5, 5.41) is 6.35. The number of benzene rings is 1. The van der Waals surface area contributed by atoms with Gasteiger partial charge in [0.05, 0.1) is 17.1 Å². The van der Waals surface area contributed by atoms with Crippen LogP contribution in [0.5, 0.6) is 0 Å². The number of rotatable bonds is 5. The first-order chi connectivity index (χ1) is 10.7. The largest absolute Gasteiger partial charge is 0.294 e. The Labute approximate surface area is 132 Å². The van der Waals surface area contributed by atoms with Gasteiger partial charge in [-0.2, -0.15) is 5.10 Å². The summed E-state index contributed by atoms with van der Waals surface area (Å²) in [6.45, 7) is 1.42. The van der Waals surface area contributed by atoms with E-state index in [2.05, 4.69) is 5.10 Å². The fraction of sp³-hybridized carbons (Fsp3) is 0.176. The number of halogens is 1. The maximum atomic E-state index is 12.4. The summed E-state index contributed by atoms with van der Waals surface area (Å²) in [6.07, 6.45) is 1.78. The summed E-state index contributed by atoms with van der Waals surface area (Å²) >= 11 is 1.45. The summed E-state index contributed by atoms with van der Waals surface area (Å²) in [5.41, 5.74) is 3.87. The zero-order valence-electron chi connectivity index (χ0n) is 12.1. The van der Waals surface area contributed by atoms with Crippen LogP contribution in [0.4, 0.5) is 4.39 Å². The molecule has 1 aromatic carbocycles. The van der Waals surface area contributed by atoms with Crippen LogP contribution in [-0.4, -0.2) is 22.2 Å². The third-order valence-electron chi connectivity index (χ3n) is 3.39. The second-order valence-electron chi connectivity index (χ2n) is 4.99. The van der Waals surface area contributed by atoms with Crippen LogP contribution in [0, 0.1) is 0 Å². The van der Waals surface area contributed by atoms with E-state index in [9.17, 15) is 9.18 Å². The molecule has 0 bridgehead atoms. The Morgan fingerprint density at radius 2 is 2.05 bits per heavy atom. The van der Waals surface area contributed by atoms with E-state index in [0.717, 1.165) is 27.3 Å². The van der Waals surface area contributed by atoms with E-state index in [0.29, 0.717) is 0 Å². The number of ketones is 1. The van der Waals surface area contributed by atoms with E-state index in [1.165, 1.54) is 11.3 Å². The van der Waals surface area contributed by atoms with Gasteiger partial charge in [-0.15, -0.1) is 11.3 Å². The van der Waals surface area contributed by atoms with E-state index in [1.54, 1.807) is 17.8 Å². The molecule has 2 heterocycles. The lowest BCUT2D eigenvalue weighted by atomic mass is 10.0. The summed E-state index contributed by atoms with van der Waals surface area (Å²) in [7, 11) is 0. The molecule has 3 rings (SSSR count). The molecular formula is C17H15FN2OS. The molecule has 0 saturated carbocycles. The third-order valence-corrected chi connectivity index (χ3v) is 4.42. The Balaban J connectivity index is 1.92. The van der Waals surface area contributed by atoms with Gasteiger partial charge in [-0.3, -0.25) is 9.48 Å². The molecule has 0 aliphatic rings.